The lowest BCUT2D eigenvalue weighted by Gasteiger charge is -2.13. The Labute approximate surface area is 273 Å². The number of hydrogen-bond acceptors (Lipinski definition) is 6. The van der Waals surface area contributed by atoms with Crippen molar-refractivity contribution in [3.05, 3.63) is 0 Å². The van der Waals surface area contributed by atoms with Crippen LogP contribution < -0.4 is 0 Å². The molecule has 0 saturated carbocycles. The van der Waals surface area contributed by atoms with Crippen molar-refractivity contribution in [1.82, 2.24) is 0 Å². The molecule has 0 spiro atoms. The van der Waals surface area contributed by atoms with E-state index in [2.05, 4.69) is 13.8 Å². The molecule has 0 bridgehead atoms. The highest BCUT2D eigenvalue weighted by molar-refractivity contribution is 5.89. The van der Waals surface area contributed by atoms with Gasteiger partial charge in [0.05, 0.1) is 25.0 Å². The Balaban J connectivity index is 4.49. The van der Waals surface area contributed by atoms with Crippen LogP contribution in [0, 0.1) is 11.8 Å². The molecule has 0 aromatic heterocycles. The van der Waals surface area contributed by atoms with Crippen LogP contribution in [-0.4, -0.2) is 49.7 Å². The Morgan fingerprint density at radius 3 is 1.14 bits per heavy atom. The van der Waals surface area contributed by atoms with Gasteiger partial charge >= 0.3 is 11.9 Å². The molecule has 0 fully saturated rings. The average molecular weight is 621 g/mol. The molecular formula is C38H72N2O4. The molecule has 6 nitrogen and oxygen atoms in total. The predicted octanol–water partition coefficient (Wildman–Crippen LogP) is 10.9. The Bertz CT molecular complexity index is 687. The van der Waals surface area contributed by atoms with E-state index in [-0.39, 0.29) is 23.8 Å². The van der Waals surface area contributed by atoms with Crippen molar-refractivity contribution in [2.24, 2.45) is 21.8 Å². The minimum Gasteiger partial charge on any atom is -0.466 e. The first-order valence-corrected chi connectivity index (χ1v) is 18.8. The van der Waals surface area contributed by atoms with Crippen LogP contribution in [0.5, 0.6) is 0 Å². The summed E-state index contributed by atoms with van der Waals surface area (Å²) >= 11 is 0. The van der Waals surface area contributed by atoms with E-state index in [0.29, 0.717) is 13.2 Å². The van der Waals surface area contributed by atoms with Gasteiger partial charge in [-0.3, -0.25) is 19.6 Å². The lowest BCUT2D eigenvalue weighted by molar-refractivity contribution is -0.148. The number of ether oxygens (including phenoxy) is 2. The van der Waals surface area contributed by atoms with Gasteiger partial charge in [-0.25, -0.2) is 0 Å². The molecule has 0 aliphatic heterocycles. The van der Waals surface area contributed by atoms with Crippen molar-refractivity contribution < 1.29 is 19.1 Å². The summed E-state index contributed by atoms with van der Waals surface area (Å²) in [5.41, 5.74) is 2.40. The summed E-state index contributed by atoms with van der Waals surface area (Å²) in [6.45, 7) is 14.8. The number of nitrogens with zero attached hydrogens (tertiary/aromatic N) is 2. The normalized spacial score (nSPS) is 13.6. The average Bonchev–Trinajstić information content (AvgIpc) is 3.01. The van der Waals surface area contributed by atoms with E-state index in [1.807, 2.05) is 27.7 Å². The summed E-state index contributed by atoms with van der Waals surface area (Å²) in [5.74, 6) is -0.432. The second-order valence-electron chi connectivity index (χ2n) is 12.8. The second kappa shape index (κ2) is 31.3. The number of aliphatic imine (C=N–C) groups is 2. The Kier molecular flexibility index (Phi) is 30.0. The largest absolute Gasteiger partial charge is 0.466 e. The van der Waals surface area contributed by atoms with Crippen molar-refractivity contribution in [3.63, 3.8) is 0 Å². The lowest BCUT2D eigenvalue weighted by Crippen LogP contribution is -2.18. The van der Waals surface area contributed by atoms with Gasteiger partial charge in [-0.2, -0.15) is 0 Å². The van der Waals surface area contributed by atoms with Crippen LogP contribution in [0.15, 0.2) is 9.98 Å². The molecule has 0 heterocycles. The van der Waals surface area contributed by atoms with E-state index >= 15 is 0 Å². The van der Waals surface area contributed by atoms with Gasteiger partial charge in [-0.05, 0) is 65.2 Å². The second-order valence-corrected chi connectivity index (χ2v) is 12.8. The molecule has 2 atom stereocenters. The number of rotatable bonds is 31. The maximum atomic E-state index is 12.2. The van der Waals surface area contributed by atoms with Gasteiger partial charge in [0.1, 0.15) is 0 Å². The minimum absolute atomic E-state index is 0.101. The van der Waals surface area contributed by atoms with E-state index < -0.39 is 0 Å². The maximum absolute atomic E-state index is 12.2. The van der Waals surface area contributed by atoms with E-state index in [1.165, 1.54) is 114 Å². The van der Waals surface area contributed by atoms with Gasteiger partial charge in [-0.1, -0.05) is 118 Å². The molecule has 0 aromatic rings. The zero-order chi connectivity index (χ0) is 32.7. The maximum Gasteiger partial charge on any atom is 0.309 e. The van der Waals surface area contributed by atoms with Gasteiger partial charge in [0.25, 0.3) is 0 Å². The first-order chi connectivity index (χ1) is 21.4. The molecule has 0 aliphatic carbocycles. The quantitative estimate of drug-likeness (QED) is 0.0439. The molecule has 0 aromatic carbocycles. The summed E-state index contributed by atoms with van der Waals surface area (Å²) in [6, 6.07) is 0. The summed E-state index contributed by atoms with van der Waals surface area (Å²) in [7, 11) is 0. The summed E-state index contributed by atoms with van der Waals surface area (Å²) in [5, 5.41) is 0. The predicted molar refractivity (Wildman–Crippen MR) is 189 cm³/mol. The topological polar surface area (TPSA) is 77.3 Å². The number of carbonyl (C=O) groups excluding carboxylic acids is 2. The lowest BCUT2D eigenvalue weighted by atomic mass is 9.99. The van der Waals surface area contributed by atoms with E-state index in [0.717, 1.165) is 51.6 Å². The van der Waals surface area contributed by atoms with Crippen LogP contribution in [0.4, 0.5) is 0 Å². The van der Waals surface area contributed by atoms with E-state index in [4.69, 9.17) is 19.5 Å². The summed E-state index contributed by atoms with van der Waals surface area (Å²) < 4.78 is 10.5. The third-order valence-electron chi connectivity index (χ3n) is 8.34. The van der Waals surface area contributed by atoms with E-state index in [1.54, 1.807) is 0 Å². The van der Waals surface area contributed by atoms with Crippen LogP contribution in [0.25, 0.3) is 0 Å². The zero-order valence-corrected chi connectivity index (χ0v) is 30.1. The van der Waals surface area contributed by atoms with Crippen molar-refractivity contribution in [2.45, 2.75) is 183 Å². The highest BCUT2D eigenvalue weighted by atomic mass is 16.5. The SMILES string of the molecule is CCCCCCCCC(CC(C)C(=O)OCC)=NCCCCCCCCN=C(CCCCCCCC)CC(C)C(=O)OCC. The molecule has 6 heteroatoms. The van der Waals surface area contributed by atoms with Crippen LogP contribution >= 0.6 is 0 Å². The highest BCUT2D eigenvalue weighted by Crippen LogP contribution is 2.16. The summed E-state index contributed by atoms with van der Waals surface area (Å²) in [4.78, 5) is 34.3. The molecule has 44 heavy (non-hydrogen) atoms. The first kappa shape index (κ1) is 42.3. The Hall–Kier alpha value is -1.72. The van der Waals surface area contributed by atoms with E-state index in [9.17, 15) is 9.59 Å². The Morgan fingerprint density at radius 2 is 0.795 bits per heavy atom. The van der Waals surface area contributed by atoms with Gasteiger partial charge in [0, 0.05) is 24.5 Å². The fourth-order valence-corrected chi connectivity index (χ4v) is 5.56. The molecular weight excluding hydrogens is 548 g/mol. The minimum atomic E-state index is -0.115. The Morgan fingerprint density at radius 1 is 0.477 bits per heavy atom. The monoisotopic (exact) mass is 621 g/mol. The third kappa shape index (κ3) is 25.6. The fourth-order valence-electron chi connectivity index (χ4n) is 5.56. The van der Waals surface area contributed by atoms with Gasteiger partial charge < -0.3 is 9.47 Å². The first-order valence-electron chi connectivity index (χ1n) is 18.8. The molecule has 0 N–H and O–H groups in total. The van der Waals surface area contributed by atoms with Crippen LogP contribution in [0.1, 0.15) is 183 Å². The molecule has 258 valence electrons. The molecule has 0 aliphatic rings. The van der Waals surface area contributed by atoms with Crippen LogP contribution in [0.3, 0.4) is 0 Å². The smallest absolute Gasteiger partial charge is 0.309 e. The molecule has 0 amide bonds. The van der Waals surface area contributed by atoms with Crippen molar-refractivity contribution >= 4 is 23.4 Å². The fraction of sp³-hybridized carbons (Fsp3) is 0.895. The van der Waals surface area contributed by atoms with Crippen molar-refractivity contribution in [2.75, 3.05) is 26.3 Å². The molecule has 2 unspecified atom stereocenters. The van der Waals surface area contributed by atoms with Crippen molar-refractivity contribution in [3.8, 4) is 0 Å². The van der Waals surface area contributed by atoms with Crippen molar-refractivity contribution in [1.29, 1.82) is 0 Å². The molecule has 0 radical (unpaired) electrons. The van der Waals surface area contributed by atoms with Gasteiger partial charge in [0.15, 0.2) is 0 Å². The zero-order valence-electron chi connectivity index (χ0n) is 30.1. The van der Waals surface area contributed by atoms with Gasteiger partial charge in [-0.15, -0.1) is 0 Å². The molecule has 0 saturated heterocycles. The number of hydrogen-bond donors (Lipinski definition) is 0. The number of esters is 2. The number of unbranched alkanes of at least 4 members (excludes halogenated alkanes) is 15. The summed E-state index contributed by atoms with van der Waals surface area (Å²) in [6.07, 6.45) is 25.8. The third-order valence-corrected chi connectivity index (χ3v) is 8.34. The highest BCUT2D eigenvalue weighted by Gasteiger charge is 2.17. The standard InChI is InChI=1S/C38H72N2O4/c1-7-11-13-15-19-23-27-35(31-33(5)37(41)43-9-3)39-29-25-21-17-18-22-26-30-40-36(28-24-20-16-14-12-8-2)32-34(6)38(42)44-10-4/h33-34H,7-32H2,1-6H3. The van der Waals surface area contributed by atoms with Gasteiger partial charge in [0.2, 0.25) is 0 Å². The van der Waals surface area contributed by atoms with Crippen LogP contribution in [0.2, 0.25) is 0 Å². The molecule has 0 rings (SSSR count). The van der Waals surface area contributed by atoms with Crippen LogP contribution in [-0.2, 0) is 19.1 Å². The number of carbonyl (C=O) groups is 2.